The number of rotatable bonds is 4. The van der Waals surface area contributed by atoms with Crippen LogP contribution in [0.5, 0.6) is 0 Å². The molecule has 0 saturated heterocycles. The highest BCUT2D eigenvalue weighted by molar-refractivity contribution is 5.85. The molecule has 0 saturated carbocycles. The van der Waals surface area contributed by atoms with Gasteiger partial charge in [0.2, 0.25) is 0 Å². The lowest BCUT2D eigenvalue weighted by molar-refractivity contribution is 0.0690. The summed E-state index contributed by atoms with van der Waals surface area (Å²) in [6, 6.07) is 1.50. The molecule has 2 N–H and O–H groups in total. The van der Waals surface area contributed by atoms with Crippen LogP contribution in [0.2, 0.25) is 0 Å². The Labute approximate surface area is 69.4 Å². The molecule has 0 bridgehead atoms. The maximum atomic E-state index is 10.4. The van der Waals surface area contributed by atoms with E-state index >= 15 is 0 Å². The van der Waals surface area contributed by atoms with E-state index in [1.165, 1.54) is 6.07 Å². The molecule has 0 atom stereocenters. The number of H-pyrrole nitrogens is 1. The van der Waals surface area contributed by atoms with Gasteiger partial charge in [0.15, 0.2) is 5.69 Å². The molecule has 0 aliphatic carbocycles. The van der Waals surface area contributed by atoms with E-state index in [-0.39, 0.29) is 5.69 Å². The van der Waals surface area contributed by atoms with Gasteiger partial charge in [-0.25, -0.2) is 4.79 Å². The van der Waals surface area contributed by atoms with E-state index in [1.54, 1.807) is 7.11 Å². The van der Waals surface area contributed by atoms with E-state index in [9.17, 15) is 4.79 Å². The largest absolute Gasteiger partial charge is 0.476 e. The van der Waals surface area contributed by atoms with E-state index in [4.69, 9.17) is 9.84 Å². The Kier molecular flexibility index (Phi) is 2.82. The molecule has 0 unspecified atom stereocenters. The van der Waals surface area contributed by atoms with Crippen LogP contribution in [0.3, 0.4) is 0 Å². The van der Waals surface area contributed by atoms with E-state index in [0.717, 1.165) is 5.69 Å². The van der Waals surface area contributed by atoms with Gasteiger partial charge in [0, 0.05) is 19.2 Å². The van der Waals surface area contributed by atoms with Gasteiger partial charge in [0.1, 0.15) is 0 Å². The van der Waals surface area contributed by atoms with Crippen molar-refractivity contribution < 1.29 is 14.6 Å². The SMILES string of the molecule is COCCc1cc(C(=O)O)n[nH]1. The summed E-state index contributed by atoms with van der Waals surface area (Å²) in [5, 5.41) is 14.7. The molecule has 1 aromatic rings. The second-order valence-corrected chi connectivity index (χ2v) is 2.33. The van der Waals surface area contributed by atoms with Gasteiger partial charge in [-0.3, -0.25) is 5.10 Å². The quantitative estimate of drug-likeness (QED) is 0.681. The summed E-state index contributed by atoms with van der Waals surface area (Å²) in [5.74, 6) is -1.02. The van der Waals surface area contributed by atoms with Crippen LogP contribution in [-0.2, 0) is 11.2 Å². The van der Waals surface area contributed by atoms with E-state index < -0.39 is 5.97 Å². The zero-order valence-corrected chi connectivity index (χ0v) is 6.70. The molecule has 0 aliphatic rings. The van der Waals surface area contributed by atoms with Crippen LogP contribution >= 0.6 is 0 Å². The number of ether oxygens (including phenoxy) is 1. The number of nitrogens with one attached hydrogen (secondary N) is 1. The number of carboxylic acids is 1. The Morgan fingerprint density at radius 1 is 1.83 bits per heavy atom. The number of aromatic amines is 1. The van der Waals surface area contributed by atoms with Gasteiger partial charge in [0.25, 0.3) is 0 Å². The number of hydrogen-bond donors (Lipinski definition) is 2. The summed E-state index contributed by atoms with van der Waals surface area (Å²) in [6.07, 6.45) is 0.650. The Balaban J connectivity index is 2.58. The van der Waals surface area contributed by atoms with Gasteiger partial charge in [-0.2, -0.15) is 5.10 Å². The fraction of sp³-hybridized carbons (Fsp3) is 0.429. The first-order chi connectivity index (χ1) is 5.74. The van der Waals surface area contributed by atoms with Crippen molar-refractivity contribution in [2.75, 3.05) is 13.7 Å². The average molecular weight is 170 g/mol. The van der Waals surface area contributed by atoms with Gasteiger partial charge in [-0.05, 0) is 6.07 Å². The molecule has 0 radical (unpaired) electrons. The van der Waals surface area contributed by atoms with Crippen LogP contribution in [0, 0.1) is 0 Å². The van der Waals surface area contributed by atoms with Crippen molar-refractivity contribution in [3.63, 3.8) is 0 Å². The molecular weight excluding hydrogens is 160 g/mol. The molecule has 0 aliphatic heterocycles. The Morgan fingerprint density at radius 3 is 3.08 bits per heavy atom. The topological polar surface area (TPSA) is 75.2 Å². The molecule has 1 heterocycles. The third-order valence-electron chi connectivity index (χ3n) is 1.43. The van der Waals surface area contributed by atoms with Gasteiger partial charge in [-0.1, -0.05) is 0 Å². The van der Waals surface area contributed by atoms with Crippen molar-refractivity contribution in [1.82, 2.24) is 10.2 Å². The average Bonchev–Trinajstić information content (AvgIpc) is 2.48. The van der Waals surface area contributed by atoms with Crippen molar-refractivity contribution in [3.8, 4) is 0 Å². The van der Waals surface area contributed by atoms with Crippen LogP contribution in [0.15, 0.2) is 6.07 Å². The molecule has 5 heteroatoms. The third-order valence-corrected chi connectivity index (χ3v) is 1.43. The zero-order valence-electron chi connectivity index (χ0n) is 6.70. The molecule has 1 aromatic heterocycles. The first-order valence-corrected chi connectivity index (χ1v) is 3.50. The summed E-state index contributed by atoms with van der Waals surface area (Å²) in [7, 11) is 1.59. The predicted molar refractivity (Wildman–Crippen MR) is 41.1 cm³/mol. The van der Waals surface area contributed by atoms with Crippen LogP contribution in [0.4, 0.5) is 0 Å². The van der Waals surface area contributed by atoms with Gasteiger partial charge in [0.05, 0.1) is 6.61 Å². The first-order valence-electron chi connectivity index (χ1n) is 3.50. The summed E-state index contributed by atoms with van der Waals surface area (Å²) in [5.41, 5.74) is 0.815. The fourth-order valence-corrected chi connectivity index (χ4v) is 0.811. The van der Waals surface area contributed by atoms with Crippen LogP contribution in [-0.4, -0.2) is 35.0 Å². The Morgan fingerprint density at radius 2 is 2.58 bits per heavy atom. The number of methoxy groups -OCH3 is 1. The second kappa shape index (κ2) is 3.87. The lowest BCUT2D eigenvalue weighted by Crippen LogP contribution is -1.95. The summed E-state index contributed by atoms with van der Waals surface area (Å²) in [6.45, 7) is 0.557. The normalized spacial score (nSPS) is 10.1. The fourth-order valence-electron chi connectivity index (χ4n) is 0.811. The van der Waals surface area contributed by atoms with Crippen molar-refractivity contribution in [1.29, 1.82) is 0 Å². The maximum Gasteiger partial charge on any atom is 0.356 e. The second-order valence-electron chi connectivity index (χ2n) is 2.33. The molecule has 0 amide bonds. The highest BCUT2D eigenvalue weighted by atomic mass is 16.5. The zero-order chi connectivity index (χ0) is 8.97. The highest BCUT2D eigenvalue weighted by Crippen LogP contribution is 1.99. The number of carboxylic acid groups (broad SMARTS) is 1. The van der Waals surface area contributed by atoms with Crippen molar-refractivity contribution in [2.24, 2.45) is 0 Å². The minimum Gasteiger partial charge on any atom is -0.476 e. The molecule has 0 fully saturated rings. The molecular formula is C7H10N2O3. The molecule has 12 heavy (non-hydrogen) atoms. The predicted octanol–water partition coefficient (Wildman–Crippen LogP) is 0.297. The molecule has 1 rings (SSSR count). The van der Waals surface area contributed by atoms with Gasteiger partial charge < -0.3 is 9.84 Å². The molecule has 0 aromatic carbocycles. The number of carbonyl (C=O) groups is 1. The maximum absolute atomic E-state index is 10.4. The van der Waals surface area contributed by atoms with Crippen LogP contribution in [0.1, 0.15) is 16.2 Å². The summed E-state index contributed by atoms with van der Waals surface area (Å²) in [4.78, 5) is 10.4. The Bertz CT molecular complexity index is 269. The first kappa shape index (κ1) is 8.73. The van der Waals surface area contributed by atoms with E-state index in [2.05, 4.69) is 10.2 Å². The Hall–Kier alpha value is -1.36. The molecule has 0 spiro atoms. The third kappa shape index (κ3) is 2.06. The monoisotopic (exact) mass is 170 g/mol. The minimum atomic E-state index is -1.02. The number of hydrogen-bond acceptors (Lipinski definition) is 3. The number of aromatic nitrogens is 2. The molecule has 66 valence electrons. The molecule has 5 nitrogen and oxygen atoms in total. The highest BCUT2D eigenvalue weighted by Gasteiger charge is 2.06. The van der Waals surface area contributed by atoms with Crippen molar-refractivity contribution in [2.45, 2.75) is 6.42 Å². The number of aromatic carboxylic acids is 1. The summed E-state index contributed by atoms with van der Waals surface area (Å²) < 4.78 is 4.82. The van der Waals surface area contributed by atoms with Gasteiger partial charge in [-0.15, -0.1) is 0 Å². The minimum absolute atomic E-state index is 0.0427. The van der Waals surface area contributed by atoms with E-state index in [0.29, 0.717) is 13.0 Å². The smallest absolute Gasteiger partial charge is 0.356 e. The van der Waals surface area contributed by atoms with Crippen molar-refractivity contribution >= 4 is 5.97 Å². The standard InChI is InChI=1S/C7H10N2O3/c1-12-3-2-5-4-6(7(10)11)9-8-5/h4H,2-3H2,1H3,(H,8,9)(H,10,11). The van der Waals surface area contributed by atoms with Crippen molar-refractivity contribution in [3.05, 3.63) is 17.5 Å². The van der Waals surface area contributed by atoms with Gasteiger partial charge >= 0.3 is 5.97 Å². The lowest BCUT2D eigenvalue weighted by atomic mass is 10.3. The van der Waals surface area contributed by atoms with E-state index in [1.807, 2.05) is 0 Å². The number of nitrogens with zero attached hydrogens (tertiary/aromatic N) is 1. The van der Waals surface area contributed by atoms with Crippen LogP contribution in [0.25, 0.3) is 0 Å². The van der Waals surface area contributed by atoms with Crippen LogP contribution < -0.4 is 0 Å². The lowest BCUT2D eigenvalue weighted by Gasteiger charge is -1.92. The summed E-state index contributed by atoms with van der Waals surface area (Å²) >= 11 is 0.